The van der Waals surface area contributed by atoms with E-state index in [4.69, 9.17) is 13.8 Å². The molecule has 3 unspecified atom stereocenters. The van der Waals surface area contributed by atoms with Crippen molar-refractivity contribution >= 4 is 19.7 Å². The van der Waals surface area contributed by atoms with Gasteiger partial charge in [-0.05, 0) is 96.0 Å². The molecule has 72 heavy (non-hydrogen) atoms. The maximum Gasteiger partial charge on any atom is 0.472 e. The Bertz CT molecular complexity index is 1560. The molecule has 0 aromatic heterocycles. The van der Waals surface area contributed by atoms with Crippen LogP contribution in [0, 0.1) is 0 Å². The molecule has 0 radical (unpaired) electrons. The molecule has 0 saturated carbocycles. The quantitative estimate of drug-likeness (QED) is 0.0205. The Balaban J connectivity index is 5.51. The molecule has 2 N–H and O–H groups in total. The largest absolute Gasteiger partial charge is 0.472 e. The first-order chi connectivity index (χ1) is 34.9. The number of hydrogen-bond donors (Lipinski definition) is 2. The Morgan fingerprint density at radius 1 is 0.500 bits per heavy atom. The number of hydrogen-bond acceptors (Lipinski definition) is 6. The molecular formula is C62H110N2O7P+. The van der Waals surface area contributed by atoms with E-state index in [0.29, 0.717) is 30.3 Å². The number of carbonyl (C=O) groups excluding carboxylic acids is 2. The lowest BCUT2D eigenvalue weighted by molar-refractivity contribution is -0.870. The Labute approximate surface area is 443 Å². The lowest BCUT2D eigenvalue weighted by Gasteiger charge is -2.27. The molecule has 0 aliphatic carbocycles. The predicted octanol–water partition coefficient (Wildman–Crippen LogP) is 17.6. The monoisotopic (exact) mass is 1030 g/mol. The minimum Gasteiger partial charge on any atom is -0.456 e. The van der Waals surface area contributed by atoms with Gasteiger partial charge in [0, 0.05) is 12.8 Å². The van der Waals surface area contributed by atoms with Gasteiger partial charge in [0.15, 0.2) is 0 Å². The van der Waals surface area contributed by atoms with Crippen LogP contribution >= 0.6 is 7.82 Å². The molecule has 0 saturated heterocycles. The average molecular weight is 1030 g/mol. The molecule has 10 heteroatoms. The first kappa shape index (κ1) is 68.9. The van der Waals surface area contributed by atoms with E-state index in [-0.39, 0.29) is 25.5 Å². The maximum atomic E-state index is 13.5. The first-order valence-corrected chi connectivity index (χ1v) is 30.6. The smallest absolute Gasteiger partial charge is 0.456 e. The highest BCUT2D eigenvalue weighted by Gasteiger charge is 2.30. The SMILES string of the molecule is CC/C=C\C/C=C\C/C=C\C/C=C\C/C=C\C/C=C\CCC(=O)OC(/C=C/CCCCCCCCCCCCC)C(COP(=O)(O)OCC[N+](C)(C)C)NC(=O)CCCCC/C=C\CCCCCCCCC. The highest BCUT2D eigenvalue weighted by Crippen LogP contribution is 2.43. The van der Waals surface area contributed by atoms with Gasteiger partial charge in [-0.1, -0.05) is 221 Å². The number of rotatable bonds is 51. The fraction of sp³-hybridized carbons (Fsp3) is 0.710. The van der Waals surface area contributed by atoms with Gasteiger partial charge >= 0.3 is 13.8 Å². The lowest BCUT2D eigenvalue weighted by atomic mass is 10.0. The first-order valence-electron chi connectivity index (χ1n) is 29.1. The normalized spacial score (nSPS) is 14.5. The van der Waals surface area contributed by atoms with E-state index in [1.807, 2.05) is 39.4 Å². The van der Waals surface area contributed by atoms with Crippen LogP contribution in [0.4, 0.5) is 0 Å². The number of phosphoric ester groups is 1. The van der Waals surface area contributed by atoms with Crippen LogP contribution in [-0.4, -0.2) is 74.3 Å². The van der Waals surface area contributed by atoms with E-state index in [2.05, 4.69) is 105 Å². The summed E-state index contributed by atoms with van der Waals surface area (Å²) in [5.41, 5.74) is 0. The van der Waals surface area contributed by atoms with E-state index >= 15 is 0 Å². The molecule has 414 valence electrons. The highest BCUT2D eigenvalue weighted by molar-refractivity contribution is 7.47. The van der Waals surface area contributed by atoms with Gasteiger partial charge in [0.1, 0.15) is 19.3 Å². The Kier molecular flexibility index (Phi) is 49.2. The molecule has 0 aromatic carbocycles. The zero-order valence-corrected chi connectivity index (χ0v) is 48.0. The van der Waals surface area contributed by atoms with Crippen molar-refractivity contribution < 1.29 is 37.3 Å². The Morgan fingerprint density at radius 2 is 0.903 bits per heavy atom. The van der Waals surface area contributed by atoms with E-state index in [1.165, 1.54) is 103 Å². The summed E-state index contributed by atoms with van der Waals surface area (Å²) in [6, 6.07) is -0.891. The molecule has 0 heterocycles. The zero-order chi connectivity index (χ0) is 52.9. The second kappa shape index (κ2) is 51.4. The summed E-state index contributed by atoms with van der Waals surface area (Å²) < 4.78 is 30.5. The lowest BCUT2D eigenvalue weighted by Crippen LogP contribution is -2.47. The van der Waals surface area contributed by atoms with Crippen molar-refractivity contribution in [3.05, 3.63) is 97.2 Å². The molecule has 0 spiro atoms. The molecule has 0 bridgehead atoms. The fourth-order valence-corrected chi connectivity index (χ4v) is 8.52. The molecule has 0 aliphatic rings. The average Bonchev–Trinajstić information content (AvgIpc) is 3.34. The molecule has 0 rings (SSSR count). The van der Waals surface area contributed by atoms with Crippen LogP contribution in [0.15, 0.2) is 97.2 Å². The molecule has 0 fully saturated rings. The topological polar surface area (TPSA) is 111 Å². The highest BCUT2D eigenvalue weighted by atomic mass is 31.2. The minimum absolute atomic E-state index is 0.0223. The summed E-state index contributed by atoms with van der Waals surface area (Å²) in [5.74, 6) is -0.626. The van der Waals surface area contributed by atoms with Crippen LogP contribution in [0.5, 0.6) is 0 Å². The molecule has 0 aromatic rings. The number of amides is 1. The van der Waals surface area contributed by atoms with Gasteiger partial charge in [-0.25, -0.2) is 4.57 Å². The minimum atomic E-state index is -4.47. The summed E-state index contributed by atoms with van der Waals surface area (Å²) in [7, 11) is 1.44. The van der Waals surface area contributed by atoms with E-state index < -0.39 is 25.9 Å². The van der Waals surface area contributed by atoms with Gasteiger partial charge in [-0.3, -0.25) is 18.6 Å². The van der Waals surface area contributed by atoms with Gasteiger partial charge in [0.25, 0.3) is 0 Å². The van der Waals surface area contributed by atoms with Gasteiger partial charge in [-0.2, -0.15) is 0 Å². The van der Waals surface area contributed by atoms with Crippen LogP contribution in [0.25, 0.3) is 0 Å². The van der Waals surface area contributed by atoms with Crippen molar-refractivity contribution in [3.63, 3.8) is 0 Å². The van der Waals surface area contributed by atoms with Crippen LogP contribution < -0.4 is 5.32 Å². The van der Waals surface area contributed by atoms with E-state index in [0.717, 1.165) is 83.5 Å². The van der Waals surface area contributed by atoms with Crippen molar-refractivity contribution in [2.24, 2.45) is 0 Å². The number of phosphoric acid groups is 1. The number of quaternary nitrogens is 1. The van der Waals surface area contributed by atoms with Crippen molar-refractivity contribution in [2.75, 3.05) is 40.9 Å². The summed E-state index contributed by atoms with van der Waals surface area (Å²) in [6.07, 6.45) is 68.5. The Morgan fingerprint density at radius 3 is 1.36 bits per heavy atom. The van der Waals surface area contributed by atoms with Crippen LogP contribution in [0.3, 0.4) is 0 Å². The maximum absolute atomic E-state index is 13.5. The van der Waals surface area contributed by atoms with Crippen LogP contribution in [-0.2, 0) is 27.9 Å². The van der Waals surface area contributed by atoms with Crippen LogP contribution in [0.1, 0.15) is 233 Å². The third-order valence-corrected chi connectivity index (χ3v) is 13.3. The molecule has 3 atom stereocenters. The number of esters is 1. The van der Waals surface area contributed by atoms with Crippen molar-refractivity contribution in [2.45, 2.75) is 245 Å². The third kappa shape index (κ3) is 51.8. The third-order valence-electron chi connectivity index (χ3n) is 12.3. The molecule has 0 aliphatic heterocycles. The number of nitrogens with one attached hydrogen (secondary N) is 1. The fourth-order valence-electron chi connectivity index (χ4n) is 7.78. The summed E-state index contributed by atoms with van der Waals surface area (Å²) in [4.78, 5) is 37.6. The van der Waals surface area contributed by atoms with Gasteiger partial charge in [-0.15, -0.1) is 0 Å². The summed E-state index contributed by atoms with van der Waals surface area (Å²) in [5, 5.41) is 3.02. The number of carbonyl (C=O) groups is 2. The number of nitrogens with zero attached hydrogens (tertiary/aromatic N) is 1. The van der Waals surface area contributed by atoms with E-state index in [1.54, 1.807) is 0 Å². The van der Waals surface area contributed by atoms with Gasteiger partial charge in [0.05, 0.1) is 33.8 Å². The standard InChI is InChI=1S/C62H109N2O7P/c1-7-10-13-16-19-22-25-28-30-31-32-33-34-37-40-43-46-49-52-55-62(66)71-60(53-50-47-44-41-38-35-27-24-21-18-15-12-9-3)59(58-70-72(67,68)69-57-56-64(4,5)6)63-61(65)54-51-48-45-42-39-36-29-26-23-20-17-14-11-8-2/h10,13,19,22,28,30,32-33,36-37,39-40,46,49-50,53,59-60H,7-9,11-12,14-18,20-21,23-27,29,31,34-35,38,41-45,47-48,51-52,54-58H2,1-6H3,(H-,63,65,67,68)/p+1/b13-10-,22-19-,30-28-,33-32-,39-36-,40-37-,49-46-,53-50+. The second-order valence-corrected chi connectivity index (χ2v) is 21.9. The second-order valence-electron chi connectivity index (χ2n) is 20.4. The predicted molar refractivity (Wildman–Crippen MR) is 309 cm³/mol. The number of likely N-dealkylation sites (N-methyl/N-ethyl adjacent to an activating group) is 1. The van der Waals surface area contributed by atoms with Gasteiger partial charge in [0.2, 0.25) is 5.91 Å². The number of ether oxygens (including phenoxy) is 1. The molecule has 1 amide bonds. The zero-order valence-electron chi connectivity index (χ0n) is 47.1. The molecule has 9 nitrogen and oxygen atoms in total. The number of allylic oxidation sites excluding steroid dienone is 15. The molecular weight excluding hydrogens is 916 g/mol. The number of unbranched alkanes of at least 4 members (excludes halogenated alkanes) is 21. The van der Waals surface area contributed by atoms with Crippen molar-refractivity contribution in [1.29, 1.82) is 0 Å². The summed E-state index contributed by atoms with van der Waals surface area (Å²) in [6.45, 7) is 6.82. The van der Waals surface area contributed by atoms with Crippen LogP contribution in [0.2, 0.25) is 0 Å². The Hall–Kier alpha value is -3.07. The van der Waals surface area contributed by atoms with Gasteiger partial charge < -0.3 is 19.4 Å². The summed E-state index contributed by atoms with van der Waals surface area (Å²) >= 11 is 0. The van der Waals surface area contributed by atoms with E-state index in [9.17, 15) is 19.0 Å². The van der Waals surface area contributed by atoms with Crippen molar-refractivity contribution in [1.82, 2.24) is 5.32 Å². The van der Waals surface area contributed by atoms with Crippen molar-refractivity contribution in [3.8, 4) is 0 Å².